The fraction of sp³-hybridized carbons (Fsp3) is 0.312. The van der Waals surface area contributed by atoms with E-state index in [9.17, 15) is 0 Å². The van der Waals surface area contributed by atoms with Crippen LogP contribution in [0.3, 0.4) is 0 Å². The fourth-order valence-electron chi connectivity index (χ4n) is 2.55. The van der Waals surface area contributed by atoms with E-state index in [0.717, 1.165) is 47.1 Å². The first-order chi connectivity index (χ1) is 10.2. The van der Waals surface area contributed by atoms with Gasteiger partial charge in [0, 0.05) is 25.0 Å². The van der Waals surface area contributed by atoms with Crippen LogP contribution in [0, 0.1) is 0 Å². The van der Waals surface area contributed by atoms with E-state index >= 15 is 0 Å². The number of aromatic nitrogens is 4. The van der Waals surface area contributed by atoms with E-state index in [-0.39, 0.29) is 0 Å². The summed E-state index contributed by atoms with van der Waals surface area (Å²) in [5.74, 6) is 0.525. The maximum Gasteiger partial charge on any atom is 0.160 e. The first-order valence-electron chi connectivity index (χ1n) is 7.23. The molecule has 0 aliphatic heterocycles. The summed E-state index contributed by atoms with van der Waals surface area (Å²) in [5.41, 5.74) is 10.2. The van der Waals surface area contributed by atoms with Crippen molar-refractivity contribution in [3.8, 4) is 11.1 Å². The number of hydrogen-bond donors (Lipinski definition) is 1. The largest absolute Gasteiger partial charge is 0.382 e. The fourth-order valence-corrected chi connectivity index (χ4v) is 2.55. The molecule has 0 unspecified atom stereocenters. The zero-order valence-electron chi connectivity index (χ0n) is 12.4. The van der Waals surface area contributed by atoms with Gasteiger partial charge in [-0.15, -0.1) is 0 Å². The zero-order valence-corrected chi connectivity index (χ0v) is 12.4. The Balaban J connectivity index is 2.22. The highest BCUT2D eigenvalue weighted by Crippen LogP contribution is 2.29. The van der Waals surface area contributed by atoms with Crippen LogP contribution in [-0.2, 0) is 13.5 Å². The van der Waals surface area contributed by atoms with E-state index in [1.807, 2.05) is 19.2 Å². The predicted molar refractivity (Wildman–Crippen MR) is 84.8 cm³/mol. The highest BCUT2D eigenvalue weighted by molar-refractivity contribution is 5.90. The molecule has 0 saturated heterocycles. The number of rotatable bonds is 4. The van der Waals surface area contributed by atoms with Gasteiger partial charge >= 0.3 is 0 Å². The van der Waals surface area contributed by atoms with Crippen LogP contribution >= 0.6 is 0 Å². The lowest BCUT2D eigenvalue weighted by molar-refractivity contribution is 0.763. The molecular weight excluding hydrogens is 262 g/mol. The predicted octanol–water partition coefficient (Wildman–Crippen LogP) is 2.96. The smallest absolute Gasteiger partial charge is 0.160 e. The second kappa shape index (κ2) is 5.52. The third kappa shape index (κ3) is 2.46. The SMILES string of the molecule is CCCCc1nc2c(cc1-c1ccncc1)c(N)nn2C. The number of nitrogens with zero attached hydrogens (tertiary/aromatic N) is 4. The van der Waals surface area contributed by atoms with Crippen LogP contribution in [0.25, 0.3) is 22.2 Å². The van der Waals surface area contributed by atoms with Gasteiger partial charge in [-0.3, -0.25) is 4.98 Å². The van der Waals surface area contributed by atoms with Crippen molar-refractivity contribution in [2.45, 2.75) is 26.2 Å². The molecule has 0 aliphatic rings. The Labute approximate surface area is 123 Å². The van der Waals surface area contributed by atoms with Crippen molar-refractivity contribution in [1.82, 2.24) is 19.7 Å². The van der Waals surface area contributed by atoms with Gasteiger partial charge in [0.25, 0.3) is 0 Å². The van der Waals surface area contributed by atoms with Crippen LogP contribution < -0.4 is 5.73 Å². The number of aryl methyl sites for hydroxylation is 2. The number of anilines is 1. The lowest BCUT2D eigenvalue weighted by Gasteiger charge is -2.09. The average Bonchev–Trinajstić information content (AvgIpc) is 2.79. The highest BCUT2D eigenvalue weighted by Gasteiger charge is 2.14. The molecule has 5 nitrogen and oxygen atoms in total. The molecule has 0 radical (unpaired) electrons. The van der Waals surface area contributed by atoms with Gasteiger partial charge in [-0.2, -0.15) is 5.10 Å². The third-order valence-corrected chi connectivity index (χ3v) is 3.68. The van der Waals surface area contributed by atoms with Crippen LogP contribution in [-0.4, -0.2) is 19.7 Å². The minimum Gasteiger partial charge on any atom is -0.382 e. The van der Waals surface area contributed by atoms with Crippen molar-refractivity contribution in [3.63, 3.8) is 0 Å². The van der Waals surface area contributed by atoms with Crippen molar-refractivity contribution in [1.29, 1.82) is 0 Å². The third-order valence-electron chi connectivity index (χ3n) is 3.68. The average molecular weight is 281 g/mol. The number of nitrogen functional groups attached to an aromatic ring is 1. The molecule has 0 aromatic carbocycles. The second-order valence-corrected chi connectivity index (χ2v) is 5.20. The van der Waals surface area contributed by atoms with Crippen LogP contribution in [0.1, 0.15) is 25.5 Å². The second-order valence-electron chi connectivity index (χ2n) is 5.20. The van der Waals surface area contributed by atoms with Crippen LogP contribution in [0.5, 0.6) is 0 Å². The Hall–Kier alpha value is -2.43. The van der Waals surface area contributed by atoms with E-state index in [1.165, 1.54) is 0 Å². The van der Waals surface area contributed by atoms with Gasteiger partial charge in [-0.05, 0) is 36.6 Å². The quantitative estimate of drug-likeness (QED) is 0.798. The molecule has 0 atom stereocenters. The molecule has 108 valence electrons. The summed E-state index contributed by atoms with van der Waals surface area (Å²) in [6, 6.07) is 6.11. The highest BCUT2D eigenvalue weighted by atomic mass is 15.3. The molecule has 0 bridgehead atoms. The van der Waals surface area contributed by atoms with Crippen LogP contribution in [0.2, 0.25) is 0 Å². The number of pyridine rings is 2. The molecule has 0 aliphatic carbocycles. The molecule has 3 aromatic heterocycles. The lowest BCUT2D eigenvalue weighted by atomic mass is 10.0. The molecule has 0 fully saturated rings. The Morgan fingerprint density at radius 2 is 2.00 bits per heavy atom. The Kier molecular flexibility index (Phi) is 3.56. The topological polar surface area (TPSA) is 69.6 Å². The number of hydrogen-bond acceptors (Lipinski definition) is 4. The first kappa shape index (κ1) is 13.5. The van der Waals surface area contributed by atoms with E-state index in [0.29, 0.717) is 5.82 Å². The summed E-state index contributed by atoms with van der Waals surface area (Å²) in [4.78, 5) is 8.89. The number of fused-ring (bicyclic) bond motifs is 1. The molecule has 3 aromatic rings. The maximum absolute atomic E-state index is 5.99. The Morgan fingerprint density at radius 1 is 1.24 bits per heavy atom. The molecule has 2 N–H and O–H groups in total. The molecule has 0 saturated carbocycles. The van der Waals surface area contributed by atoms with Crippen LogP contribution in [0.15, 0.2) is 30.6 Å². The lowest BCUT2D eigenvalue weighted by Crippen LogP contribution is -1.99. The Morgan fingerprint density at radius 3 is 2.71 bits per heavy atom. The summed E-state index contributed by atoms with van der Waals surface area (Å²) in [6.45, 7) is 2.19. The van der Waals surface area contributed by atoms with Gasteiger partial charge in [0.1, 0.15) is 0 Å². The van der Waals surface area contributed by atoms with Crippen LogP contribution in [0.4, 0.5) is 5.82 Å². The van der Waals surface area contributed by atoms with Gasteiger partial charge < -0.3 is 5.73 Å². The van der Waals surface area contributed by atoms with E-state index in [4.69, 9.17) is 10.7 Å². The monoisotopic (exact) mass is 281 g/mol. The van der Waals surface area contributed by atoms with Gasteiger partial charge in [-0.25, -0.2) is 9.67 Å². The molecule has 0 spiro atoms. The summed E-state index contributed by atoms with van der Waals surface area (Å²) in [6.07, 6.45) is 6.81. The summed E-state index contributed by atoms with van der Waals surface area (Å²) in [5, 5.41) is 5.17. The molecule has 5 heteroatoms. The van der Waals surface area contributed by atoms with Crippen molar-refractivity contribution >= 4 is 16.9 Å². The maximum atomic E-state index is 5.99. The van der Waals surface area contributed by atoms with Gasteiger partial charge in [-0.1, -0.05) is 13.3 Å². The first-order valence-corrected chi connectivity index (χ1v) is 7.23. The van der Waals surface area contributed by atoms with E-state index in [2.05, 4.69) is 23.1 Å². The van der Waals surface area contributed by atoms with Crippen molar-refractivity contribution in [2.75, 3.05) is 5.73 Å². The minimum atomic E-state index is 0.525. The minimum absolute atomic E-state index is 0.525. The zero-order chi connectivity index (χ0) is 14.8. The van der Waals surface area contributed by atoms with Gasteiger partial charge in [0.2, 0.25) is 0 Å². The summed E-state index contributed by atoms with van der Waals surface area (Å²) < 4.78 is 1.75. The molecule has 0 amide bonds. The van der Waals surface area contributed by atoms with E-state index in [1.54, 1.807) is 17.1 Å². The van der Waals surface area contributed by atoms with E-state index < -0.39 is 0 Å². The number of nitrogens with two attached hydrogens (primary N) is 1. The summed E-state index contributed by atoms with van der Waals surface area (Å²) >= 11 is 0. The molecule has 21 heavy (non-hydrogen) atoms. The van der Waals surface area contributed by atoms with Crippen molar-refractivity contribution in [2.24, 2.45) is 7.05 Å². The summed E-state index contributed by atoms with van der Waals surface area (Å²) in [7, 11) is 1.88. The molecular formula is C16H19N5. The number of unbranched alkanes of at least 4 members (excludes halogenated alkanes) is 1. The molecule has 3 rings (SSSR count). The standard InChI is InChI=1S/C16H19N5/c1-3-4-5-14-12(11-6-8-18-9-7-11)10-13-15(17)20-21(2)16(13)19-14/h6-10H,3-5H2,1-2H3,(H2,17,20). The normalized spacial score (nSPS) is 11.1. The van der Waals surface area contributed by atoms with Gasteiger partial charge in [0.05, 0.1) is 11.1 Å². The van der Waals surface area contributed by atoms with Crippen molar-refractivity contribution < 1.29 is 0 Å². The van der Waals surface area contributed by atoms with Crippen molar-refractivity contribution in [3.05, 3.63) is 36.3 Å². The Bertz CT molecular complexity index is 761. The molecule has 3 heterocycles. The van der Waals surface area contributed by atoms with Gasteiger partial charge in [0.15, 0.2) is 11.5 Å².